The number of carbonyl (C=O) groups is 2. The van der Waals surface area contributed by atoms with Crippen molar-refractivity contribution in [2.24, 2.45) is 5.73 Å². The highest BCUT2D eigenvalue weighted by molar-refractivity contribution is 5.93. The number of nitrogens with two attached hydrogens (primary N) is 1. The highest BCUT2D eigenvalue weighted by atomic mass is 16.6. The highest BCUT2D eigenvalue weighted by Gasteiger charge is 2.38. The van der Waals surface area contributed by atoms with Crippen molar-refractivity contribution < 1.29 is 28.7 Å². The molecule has 0 aliphatic carbocycles. The van der Waals surface area contributed by atoms with E-state index >= 15 is 0 Å². The number of hydrogen-bond donors (Lipinski definition) is 1. The Hall–Kier alpha value is -3.87. The van der Waals surface area contributed by atoms with E-state index in [2.05, 4.69) is 0 Å². The maximum Gasteiger partial charge on any atom is 0.338 e. The van der Waals surface area contributed by atoms with E-state index in [0.717, 1.165) is 0 Å². The number of benzene rings is 1. The Morgan fingerprint density at radius 1 is 1.31 bits per heavy atom. The van der Waals surface area contributed by atoms with Crippen molar-refractivity contribution in [2.45, 2.75) is 26.2 Å². The monoisotopic (exact) mass is 401 g/mol. The lowest BCUT2D eigenvalue weighted by atomic mass is 9.82. The number of rotatable bonds is 7. The zero-order valence-corrected chi connectivity index (χ0v) is 15.8. The van der Waals surface area contributed by atoms with Crippen molar-refractivity contribution in [3.05, 3.63) is 62.7 Å². The fourth-order valence-corrected chi connectivity index (χ4v) is 2.88. The van der Waals surface area contributed by atoms with Crippen LogP contribution >= 0.6 is 0 Å². The number of nitriles is 1. The molecule has 10 nitrogen and oxygen atoms in total. The van der Waals surface area contributed by atoms with Crippen molar-refractivity contribution in [3.8, 4) is 6.07 Å². The number of nitro groups is 1. The van der Waals surface area contributed by atoms with Crippen LogP contribution in [0.4, 0.5) is 5.69 Å². The molecule has 1 atom stereocenters. The standard InChI is InChI=1S/C19H19N3O7/c1-3-27-15(23)9-14-17(19(24)28-4-2)16(13(10-20)18(21)29-14)11-6-5-7-12(8-11)22(25)26/h5-8,16H,3-4,9,21H2,1-2H3/t16-/m1/s1. The first kappa shape index (κ1) is 21.4. The average molecular weight is 401 g/mol. The van der Waals surface area contributed by atoms with Crippen molar-refractivity contribution in [1.82, 2.24) is 0 Å². The third-order valence-electron chi connectivity index (χ3n) is 4.02. The van der Waals surface area contributed by atoms with Crippen LogP contribution < -0.4 is 5.73 Å². The SMILES string of the molecule is CCOC(=O)CC1=C(C(=O)OCC)[C@H](c2cccc([N+](=O)[O-])c2)C(C#N)=C(N)O1. The van der Waals surface area contributed by atoms with E-state index in [9.17, 15) is 25.0 Å². The first-order chi connectivity index (χ1) is 13.8. The van der Waals surface area contributed by atoms with E-state index in [1.807, 2.05) is 6.07 Å². The zero-order valence-electron chi connectivity index (χ0n) is 15.8. The summed E-state index contributed by atoms with van der Waals surface area (Å²) in [6, 6.07) is 7.30. The van der Waals surface area contributed by atoms with Crippen LogP contribution in [-0.4, -0.2) is 30.1 Å². The summed E-state index contributed by atoms with van der Waals surface area (Å²) >= 11 is 0. The van der Waals surface area contributed by atoms with Gasteiger partial charge in [-0.05, 0) is 19.4 Å². The molecule has 2 N–H and O–H groups in total. The molecule has 1 aromatic carbocycles. The summed E-state index contributed by atoms with van der Waals surface area (Å²) in [5, 5.41) is 20.8. The van der Waals surface area contributed by atoms with Crippen LogP contribution in [0.15, 0.2) is 47.1 Å². The number of carbonyl (C=O) groups excluding carboxylic acids is 2. The predicted octanol–water partition coefficient (Wildman–Crippen LogP) is 2.17. The number of nitro benzene ring substituents is 1. The smallest absolute Gasteiger partial charge is 0.338 e. The van der Waals surface area contributed by atoms with Gasteiger partial charge in [0.25, 0.3) is 5.69 Å². The minimum atomic E-state index is -1.10. The second-order valence-electron chi connectivity index (χ2n) is 5.82. The first-order valence-electron chi connectivity index (χ1n) is 8.71. The molecular weight excluding hydrogens is 382 g/mol. The lowest BCUT2D eigenvalue weighted by Gasteiger charge is -2.27. The van der Waals surface area contributed by atoms with Gasteiger partial charge in [0.05, 0.1) is 29.6 Å². The lowest BCUT2D eigenvalue weighted by Crippen LogP contribution is -2.27. The molecule has 152 valence electrons. The lowest BCUT2D eigenvalue weighted by molar-refractivity contribution is -0.384. The number of ether oxygens (including phenoxy) is 3. The number of non-ortho nitro benzene ring substituents is 1. The molecule has 0 spiro atoms. The van der Waals surface area contributed by atoms with Gasteiger partial charge in [0.15, 0.2) is 0 Å². The molecule has 0 saturated carbocycles. The first-order valence-corrected chi connectivity index (χ1v) is 8.71. The van der Waals surface area contributed by atoms with Gasteiger partial charge in [-0.3, -0.25) is 14.9 Å². The minimum absolute atomic E-state index is 0.0256. The molecule has 0 aromatic heterocycles. The maximum atomic E-state index is 12.7. The van der Waals surface area contributed by atoms with Gasteiger partial charge in [-0.1, -0.05) is 12.1 Å². The molecule has 0 amide bonds. The Morgan fingerprint density at radius 2 is 2.00 bits per heavy atom. The average Bonchev–Trinajstić information content (AvgIpc) is 2.67. The van der Waals surface area contributed by atoms with Crippen molar-refractivity contribution in [2.75, 3.05) is 13.2 Å². The molecule has 1 aromatic rings. The van der Waals surface area contributed by atoms with E-state index in [4.69, 9.17) is 19.9 Å². The van der Waals surface area contributed by atoms with Crippen LogP contribution in [0.3, 0.4) is 0 Å². The Balaban J connectivity index is 2.69. The van der Waals surface area contributed by atoms with Gasteiger partial charge >= 0.3 is 11.9 Å². The van der Waals surface area contributed by atoms with Crippen molar-refractivity contribution in [1.29, 1.82) is 5.26 Å². The largest absolute Gasteiger partial charge is 0.466 e. The molecule has 0 radical (unpaired) electrons. The summed E-state index contributed by atoms with van der Waals surface area (Å²) in [6.07, 6.45) is -0.424. The third kappa shape index (κ3) is 4.70. The molecule has 10 heteroatoms. The van der Waals surface area contributed by atoms with E-state index in [1.165, 1.54) is 24.3 Å². The summed E-state index contributed by atoms with van der Waals surface area (Å²) in [5.74, 6) is -3.04. The van der Waals surface area contributed by atoms with Gasteiger partial charge in [-0.25, -0.2) is 4.79 Å². The van der Waals surface area contributed by atoms with Gasteiger partial charge in [0.1, 0.15) is 23.8 Å². The molecule has 1 heterocycles. The van der Waals surface area contributed by atoms with Crippen molar-refractivity contribution in [3.63, 3.8) is 0 Å². The number of allylic oxidation sites excluding steroid dienone is 1. The third-order valence-corrected chi connectivity index (χ3v) is 4.02. The Bertz CT molecular complexity index is 943. The van der Waals surface area contributed by atoms with Crippen LogP contribution in [0.1, 0.15) is 31.7 Å². The van der Waals surface area contributed by atoms with Gasteiger partial charge in [0.2, 0.25) is 5.88 Å². The topological polar surface area (TPSA) is 155 Å². The quantitative estimate of drug-likeness (QED) is 0.411. The van der Waals surface area contributed by atoms with Crippen molar-refractivity contribution >= 4 is 17.6 Å². The van der Waals surface area contributed by atoms with Gasteiger partial charge in [-0.15, -0.1) is 0 Å². The molecular formula is C19H19N3O7. The molecule has 29 heavy (non-hydrogen) atoms. The van der Waals surface area contributed by atoms with E-state index in [0.29, 0.717) is 0 Å². The minimum Gasteiger partial charge on any atom is -0.466 e. The zero-order chi connectivity index (χ0) is 21.6. The predicted molar refractivity (Wildman–Crippen MR) is 98.7 cm³/mol. The summed E-state index contributed by atoms with van der Waals surface area (Å²) in [4.78, 5) is 35.2. The van der Waals surface area contributed by atoms with Gasteiger partial charge < -0.3 is 19.9 Å². The Kier molecular flexibility index (Phi) is 6.92. The molecule has 2 rings (SSSR count). The summed E-state index contributed by atoms with van der Waals surface area (Å²) in [6.45, 7) is 3.35. The molecule has 0 unspecified atom stereocenters. The fourth-order valence-electron chi connectivity index (χ4n) is 2.88. The number of hydrogen-bond acceptors (Lipinski definition) is 9. The highest BCUT2D eigenvalue weighted by Crippen LogP contribution is 2.41. The fraction of sp³-hybridized carbons (Fsp3) is 0.316. The van der Waals surface area contributed by atoms with E-state index < -0.39 is 29.2 Å². The van der Waals surface area contributed by atoms with Crippen LogP contribution in [0.2, 0.25) is 0 Å². The maximum absolute atomic E-state index is 12.7. The normalized spacial score (nSPS) is 16.0. The van der Waals surface area contributed by atoms with E-state index in [1.54, 1.807) is 13.8 Å². The Labute approximate surface area is 166 Å². The molecule has 0 fully saturated rings. The number of esters is 2. The molecule has 0 saturated heterocycles. The summed E-state index contributed by atoms with van der Waals surface area (Å²) < 4.78 is 15.4. The summed E-state index contributed by atoms with van der Waals surface area (Å²) in [7, 11) is 0. The van der Waals surface area contributed by atoms with Gasteiger partial charge in [-0.2, -0.15) is 5.26 Å². The van der Waals surface area contributed by atoms with Gasteiger partial charge in [0, 0.05) is 12.1 Å². The second-order valence-corrected chi connectivity index (χ2v) is 5.82. The van der Waals surface area contributed by atoms with Crippen LogP contribution in [0.25, 0.3) is 0 Å². The molecule has 1 aliphatic rings. The molecule has 0 bridgehead atoms. The Morgan fingerprint density at radius 3 is 2.59 bits per heavy atom. The van der Waals surface area contributed by atoms with Crippen LogP contribution in [0.5, 0.6) is 0 Å². The number of nitrogens with zero attached hydrogens (tertiary/aromatic N) is 2. The second kappa shape index (κ2) is 9.36. The van der Waals surface area contributed by atoms with E-state index in [-0.39, 0.29) is 47.3 Å². The molecule has 1 aliphatic heterocycles. The van der Waals surface area contributed by atoms with Crippen LogP contribution in [-0.2, 0) is 23.8 Å². The van der Waals surface area contributed by atoms with Crippen LogP contribution in [0, 0.1) is 21.4 Å². The summed E-state index contributed by atoms with van der Waals surface area (Å²) in [5.41, 5.74) is 5.62.